The van der Waals surface area contributed by atoms with Crippen molar-refractivity contribution in [1.29, 1.82) is 0 Å². The molecule has 2 saturated heterocycles. The molecule has 0 radical (unpaired) electrons. The van der Waals surface area contributed by atoms with Crippen LogP contribution in [0.4, 0.5) is 0 Å². The maximum atomic E-state index is 5.63. The molecule has 16 heavy (non-hydrogen) atoms. The van der Waals surface area contributed by atoms with E-state index in [9.17, 15) is 0 Å². The average molecular weight is 227 g/mol. The van der Waals surface area contributed by atoms with Crippen molar-refractivity contribution in [2.75, 3.05) is 46.9 Å². The van der Waals surface area contributed by atoms with Gasteiger partial charge in [-0.05, 0) is 27.4 Å². The molecule has 0 amide bonds. The van der Waals surface area contributed by atoms with E-state index in [2.05, 4.69) is 36.1 Å². The van der Waals surface area contributed by atoms with E-state index in [1.54, 1.807) is 0 Å². The molecule has 0 aromatic heterocycles. The summed E-state index contributed by atoms with van der Waals surface area (Å²) in [5.74, 6) is 0. The third-order valence-electron chi connectivity index (χ3n) is 4.16. The predicted molar refractivity (Wildman–Crippen MR) is 65.7 cm³/mol. The zero-order chi connectivity index (χ0) is 11.5. The minimum absolute atomic E-state index is 0.565. The van der Waals surface area contributed by atoms with Crippen LogP contribution in [0.25, 0.3) is 0 Å². The van der Waals surface area contributed by atoms with Crippen LogP contribution in [-0.4, -0.2) is 74.9 Å². The van der Waals surface area contributed by atoms with Gasteiger partial charge in [0, 0.05) is 44.4 Å². The minimum atomic E-state index is 0.565. The third kappa shape index (κ3) is 2.56. The van der Waals surface area contributed by atoms with Crippen LogP contribution in [0.5, 0.6) is 0 Å². The van der Waals surface area contributed by atoms with Crippen LogP contribution in [-0.2, 0) is 4.74 Å². The highest BCUT2D eigenvalue weighted by Crippen LogP contribution is 2.18. The van der Waals surface area contributed by atoms with Crippen LogP contribution in [0.3, 0.4) is 0 Å². The summed E-state index contributed by atoms with van der Waals surface area (Å²) in [5, 5.41) is 3.44. The molecule has 94 valence electrons. The summed E-state index contributed by atoms with van der Waals surface area (Å²) < 4.78 is 5.63. The van der Waals surface area contributed by atoms with Crippen LogP contribution >= 0.6 is 0 Å². The van der Waals surface area contributed by atoms with Crippen LogP contribution in [0.1, 0.15) is 13.3 Å². The van der Waals surface area contributed by atoms with Crippen LogP contribution < -0.4 is 5.32 Å². The molecule has 2 aliphatic heterocycles. The lowest BCUT2D eigenvalue weighted by Gasteiger charge is -2.45. The Morgan fingerprint density at radius 2 is 2.12 bits per heavy atom. The zero-order valence-electron chi connectivity index (χ0n) is 10.8. The molecule has 2 fully saturated rings. The number of nitrogens with zero attached hydrogens (tertiary/aromatic N) is 2. The molecule has 0 bridgehead atoms. The van der Waals surface area contributed by atoms with E-state index >= 15 is 0 Å². The Morgan fingerprint density at radius 3 is 2.81 bits per heavy atom. The molecule has 3 atom stereocenters. The van der Waals surface area contributed by atoms with Gasteiger partial charge in [0.15, 0.2) is 0 Å². The number of nitrogens with one attached hydrogen (secondary N) is 1. The van der Waals surface area contributed by atoms with Gasteiger partial charge in [0.25, 0.3) is 0 Å². The fourth-order valence-electron chi connectivity index (χ4n) is 2.80. The first-order chi connectivity index (χ1) is 7.72. The van der Waals surface area contributed by atoms with Crippen molar-refractivity contribution in [3.8, 4) is 0 Å². The Labute approximate surface area is 98.9 Å². The predicted octanol–water partition coefficient (Wildman–Crippen LogP) is -0.000800. The Hall–Kier alpha value is -0.160. The monoisotopic (exact) mass is 227 g/mol. The van der Waals surface area contributed by atoms with Gasteiger partial charge >= 0.3 is 0 Å². The van der Waals surface area contributed by atoms with Gasteiger partial charge in [0.05, 0.1) is 6.61 Å². The first-order valence-electron chi connectivity index (χ1n) is 6.41. The lowest BCUT2D eigenvalue weighted by Crippen LogP contribution is -2.61. The standard InChI is InChI=1S/C12H25N3O/c1-10-8-15(6-5-14(10)3)12-9-16-7-4-11(12)13-2/h10-13H,4-9H2,1-3H3. The van der Waals surface area contributed by atoms with Gasteiger partial charge in [-0.3, -0.25) is 4.90 Å². The Kier molecular flexibility index (Phi) is 4.19. The number of hydrogen-bond donors (Lipinski definition) is 1. The molecule has 2 heterocycles. The Morgan fingerprint density at radius 1 is 1.31 bits per heavy atom. The highest BCUT2D eigenvalue weighted by atomic mass is 16.5. The van der Waals surface area contributed by atoms with Crippen LogP contribution in [0.15, 0.2) is 0 Å². The molecular weight excluding hydrogens is 202 g/mol. The lowest BCUT2D eigenvalue weighted by atomic mass is 10.00. The van der Waals surface area contributed by atoms with Gasteiger partial charge in [0.1, 0.15) is 0 Å². The van der Waals surface area contributed by atoms with E-state index in [0.717, 1.165) is 19.6 Å². The average Bonchev–Trinajstić information content (AvgIpc) is 2.32. The van der Waals surface area contributed by atoms with Crippen molar-refractivity contribution in [3.63, 3.8) is 0 Å². The normalized spacial score (nSPS) is 38.8. The van der Waals surface area contributed by atoms with Gasteiger partial charge in [-0.25, -0.2) is 0 Å². The summed E-state index contributed by atoms with van der Waals surface area (Å²) in [5.41, 5.74) is 0. The van der Waals surface area contributed by atoms with Crippen LogP contribution in [0, 0.1) is 0 Å². The van der Waals surface area contributed by atoms with Crippen LogP contribution in [0.2, 0.25) is 0 Å². The molecule has 0 spiro atoms. The number of rotatable bonds is 2. The van der Waals surface area contributed by atoms with Crippen molar-refractivity contribution < 1.29 is 4.74 Å². The number of hydrogen-bond acceptors (Lipinski definition) is 4. The topological polar surface area (TPSA) is 27.7 Å². The van der Waals surface area contributed by atoms with Gasteiger partial charge in [-0.2, -0.15) is 0 Å². The maximum Gasteiger partial charge on any atom is 0.0637 e. The molecule has 4 nitrogen and oxygen atoms in total. The second-order valence-corrected chi connectivity index (χ2v) is 5.15. The lowest BCUT2D eigenvalue weighted by molar-refractivity contribution is -0.0261. The maximum absolute atomic E-state index is 5.63. The smallest absolute Gasteiger partial charge is 0.0637 e. The van der Waals surface area contributed by atoms with E-state index in [1.807, 2.05) is 0 Å². The molecule has 0 saturated carbocycles. The van der Waals surface area contributed by atoms with Gasteiger partial charge in [0.2, 0.25) is 0 Å². The molecule has 0 aromatic carbocycles. The highest BCUT2D eigenvalue weighted by molar-refractivity contribution is 4.90. The van der Waals surface area contributed by atoms with Crippen molar-refractivity contribution in [2.24, 2.45) is 0 Å². The second-order valence-electron chi connectivity index (χ2n) is 5.15. The molecule has 2 aliphatic rings. The third-order valence-corrected chi connectivity index (χ3v) is 4.16. The summed E-state index contributed by atoms with van der Waals surface area (Å²) in [6, 6.07) is 1.83. The molecule has 1 N–H and O–H groups in total. The molecule has 2 rings (SSSR count). The summed E-state index contributed by atoms with van der Waals surface area (Å²) in [6.07, 6.45) is 1.14. The van der Waals surface area contributed by atoms with Gasteiger partial charge < -0.3 is 15.0 Å². The summed E-state index contributed by atoms with van der Waals surface area (Å²) in [7, 11) is 4.29. The number of ether oxygens (including phenoxy) is 1. The van der Waals surface area contributed by atoms with E-state index in [-0.39, 0.29) is 0 Å². The molecule has 0 aliphatic carbocycles. The Bertz CT molecular complexity index is 224. The van der Waals surface area contributed by atoms with Crippen molar-refractivity contribution in [3.05, 3.63) is 0 Å². The molecular formula is C12H25N3O. The number of piperazine rings is 1. The summed E-state index contributed by atoms with van der Waals surface area (Å²) in [4.78, 5) is 5.04. The van der Waals surface area contributed by atoms with Gasteiger partial charge in [-0.15, -0.1) is 0 Å². The molecule has 0 aromatic rings. The largest absolute Gasteiger partial charge is 0.380 e. The van der Waals surface area contributed by atoms with E-state index in [4.69, 9.17) is 4.74 Å². The molecule has 3 unspecified atom stereocenters. The minimum Gasteiger partial charge on any atom is -0.380 e. The fraction of sp³-hybridized carbons (Fsp3) is 1.00. The fourth-order valence-corrected chi connectivity index (χ4v) is 2.80. The zero-order valence-corrected chi connectivity index (χ0v) is 10.8. The molecule has 4 heteroatoms. The van der Waals surface area contributed by atoms with Crippen molar-refractivity contribution >= 4 is 0 Å². The summed E-state index contributed by atoms with van der Waals surface area (Å²) in [6.45, 7) is 7.63. The summed E-state index contributed by atoms with van der Waals surface area (Å²) >= 11 is 0. The first-order valence-corrected chi connectivity index (χ1v) is 6.41. The number of likely N-dealkylation sites (N-methyl/N-ethyl adjacent to an activating group) is 2. The van der Waals surface area contributed by atoms with Crippen molar-refractivity contribution in [1.82, 2.24) is 15.1 Å². The van der Waals surface area contributed by atoms with Crippen molar-refractivity contribution in [2.45, 2.75) is 31.5 Å². The second kappa shape index (κ2) is 5.45. The van der Waals surface area contributed by atoms with E-state index < -0.39 is 0 Å². The first kappa shape index (κ1) is 12.3. The SMILES string of the molecule is CNC1CCOCC1N1CCN(C)C(C)C1. The highest BCUT2D eigenvalue weighted by Gasteiger charge is 2.33. The van der Waals surface area contributed by atoms with E-state index in [0.29, 0.717) is 18.1 Å². The van der Waals surface area contributed by atoms with Gasteiger partial charge in [-0.1, -0.05) is 0 Å². The van der Waals surface area contributed by atoms with E-state index in [1.165, 1.54) is 19.6 Å². The Balaban J connectivity index is 1.95. The quantitative estimate of drug-likeness (QED) is 0.719.